The fourth-order valence-corrected chi connectivity index (χ4v) is 3.26. The largest absolute Gasteiger partial charge is 0.489 e. The molecule has 2 heterocycles. The minimum atomic E-state index is -0.696. The number of nitrogens with zero attached hydrogens (tertiary/aromatic N) is 2. The van der Waals surface area contributed by atoms with E-state index in [1.165, 1.54) is 6.08 Å². The van der Waals surface area contributed by atoms with Crippen molar-refractivity contribution < 1.29 is 19.4 Å². The minimum Gasteiger partial charge on any atom is -0.489 e. The van der Waals surface area contributed by atoms with Gasteiger partial charge < -0.3 is 9.84 Å². The number of β-amino-alcohol motifs (C(OH)–C–C–N with tert-alkyl or cyclic N) is 1. The minimum absolute atomic E-state index is 0.119. The molecule has 1 aromatic carbocycles. The predicted molar refractivity (Wildman–Crippen MR) is 108 cm³/mol. The van der Waals surface area contributed by atoms with Crippen molar-refractivity contribution in [3.8, 4) is 6.07 Å². The van der Waals surface area contributed by atoms with Crippen LogP contribution in [-0.4, -0.2) is 41.6 Å². The molecule has 0 saturated heterocycles. The summed E-state index contributed by atoms with van der Waals surface area (Å²) in [5.41, 5.74) is 3.23. The van der Waals surface area contributed by atoms with E-state index in [4.69, 9.17) is 21.4 Å². The molecule has 1 N–H and O–H groups in total. The van der Waals surface area contributed by atoms with Crippen LogP contribution in [0.25, 0.3) is 5.57 Å². The van der Waals surface area contributed by atoms with Crippen LogP contribution < -0.4 is 0 Å². The van der Waals surface area contributed by atoms with Crippen molar-refractivity contribution in [2.24, 2.45) is 0 Å². The maximum absolute atomic E-state index is 12.7. The summed E-state index contributed by atoms with van der Waals surface area (Å²) in [7, 11) is 0. The number of halogens is 1. The zero-order valence-electron chi connectivity index (χ0n) is 16.0. The van der Waals surface area contributed by atoms with E-state index >= 15 is 0 Å². The summed E-state index contributed by atoms with van der Waals surface area (Å²) in [6, 6.07) is 7.62. The van der Waals surface area contributed by atoms with Crippen LogP contribution in [0, 0.1) is 18.3 Å². The molecule has 29 heavy (non-hydrogen) atoms. The molecule has 2 aliphatic rings. The first-order chi connectivity index (χ1) is 13.9. The molecule has 0 spiro atoms. The van der Waals surface area contributed by atoms with Crippen LogP contribution in [0.15, 0.2) is 58.9 Å². The number of imide groups is 1. The number of carbonyl (C=O) groups is 2. The lowest BCUT2D eigenvalue weighted by Gasteiger charge is -2.27. The van der Waals surface area contributed by atoms with Crippen LogP contribution in [-0.2, 0) is 14.3 Å². The quantitative estimate of drug-likeness (QED) is 0.608. The maximum Gasteiger partial charge on any atom is 0.271 e. The van der Waals surface area contributed by atoms with Crippen molar-refractivity contribution in [2.75, 3.05) is 19.8 Å². The van der Waals surface area contributed by atoms with E-state index in [2.05, 4.69) is 0 Å². The third-order valence-corrected chi connectivity index (χ3v) is 5.23. The van der Waals surface area contributed by atoms with Crippen LogP contribution in [0.1, 0.15) is 18.1 Å². The standard InChI is InChI=1S/C22H19ClN2O4/c1-13-3-4-15(9-20(13)23)16-5-6-17(29-12-16)10-18-14(2)19(11-24)22(28)25(7-8-26)21(18)27/h3-6,9-10,26H,7-8,12H2,1-2H3/b18-10-. The zero-order chi connectivity index (χ0) is 21.1. The molecule has 2 amide bonds. The molecule has 0 atom stereocenters. The lowest BCUT2D eigenvalue weighted by Crippen LogP contribution is -2.44. The number of ether oxygens (including phenoxy) is 1. The summed E-state index contributed by atoms with van der Waals surface area (Å²) < 4.78 is 5.77. The molecule has 0 unspecified atom stereocenters. The predicted octanol–water partition coefficient (Wildman–Crippen LogP) is 3.07. The number of hydrogen-bond acceptors (Lipinski definition) is 5. The van der Waals surface area contributed by atoms with Gasteiger partial charge in [0.05, 0.1) is 13.2 Å². The lowest BCUT2D eigenvalue weighted by molar-refractivity contribution is -0.141. The van der Waals surface area contributed by atoms with Gasteiger partial charge in [0.1, 0.15) is 24.0 Å². The Balaban J connectivity index is 1.95. The first-order valence-corrected chi connectivity index (χ1v) is 9.35. The van der Waals surface area contributed by atoms with Gasteiger partial charge in [-0.15, -0.1) is 0 Å². The van der Waals surface area contributed by atoms with Gasteiger partial charge in [-0.1, -0.05) is 29.8 Å². The van der Waals surface area contributed by atoms with E-state index in [1.54, 1.807) is 13.0 Å². The first-order valence-electron chi connectivity index (χ1n) is 8.97. The Hall–Kier alpha value is -3.14. The van der Waals surface area contributed by atoms with Crippen LogP contribution in [0.2, 0.25) is 5.02 Å². The average Bonchev–Trinajstić information content (AvgIpc) is 2.71. The topological polar surface area (TPSA) is 90.6 Å². The smallest absolute Gasteiger partial charge is 0.271 e. The first kappa shape index (κ1) is 20.6. The SMILES string of the molecule is CC1=C(C#N)C(=O)N(CCO)C(=O)/C1=C\C1=CC=C(c2ccc(C)c(Cl)c2)CO1. The number of nitriles is 1. The van der Waals surface area contributed by atoms with Crippen molar-refractivity contribution in [2.45, 2.75) is 13.8 Å². The number of rotatable bonds is 4. The highest BCUT2D eigenvalue weighted by atomic mass is 35.5. The molecule has 1 aromatic rings. The average molecular weight is 411 g/mol. The van der Waals surface area contributed by atoms with E-state index in [-0.39, 0.29) is 30.9 Å². The van der Waals surface area contributed by atoms with Gasteiger partial charge in [0, 0.05) is 10.6 Å². The normalized spacial score (nSPS) is 18.4. The van der Waals surface area contributed by atoms with Crippen LogP contribution in [0.3, 0.4) is 0 Å². The molecular formula is C22H19ClN2O4. The van der Waals surface area contributed by atoms with Gasteiger partial charge in [0.25, 0.3) is 11.8 Å². The lowest BCUT2D eigenvalue weighted by atomic mass is 9.94. The number of aryl methyl sites for hydroxylation is 1. The van der Waals surface area contributed by atoms with Crippen molar-refractivity contribution in [3.63, 3.8) is 0 Å². The maximum atomic E-state index is 12.7. The highest BCUT2D eigenvalue weighted by Gasteiger charge is 2.35. The molecule has 0 bridgehead atoms. The zero-order valence-corrected chi connectivity index (χ0v) is 16.8. The number of aliphatic hydroxyl groups excluding tert-OH is 1. The van der Waals surface area contributed by atoms with E-state index < -0.39 is 11.8 Å². The Morgan fingerprint density at radius 2 is 2.03 bits per heavy atom. The molecule has 0 aromatic heterocycles. The molecule has 3 rings (SSSR count). The Labute approximate surface area is 173 Å². The Bertz CT molecular complexity index is 1060. The molecule has 0 fully saturated rings. The van der Waals surface area contributed by atoms with Crippen molar-refractivity contribution in [1.29, 1.82) is 5.26 Å². The van der Waals surface area contributed by atoms with Crippen molar-refractivity contribution in [3.05, 3.63) is 75.1 Å². The number of carbonyl (C=O) groups excluding carboxylic acids is 2. The van der Waals surface area contributed by atoms with Gasteiger partial charge in [-0.25, -0.2) is 0 Å². The Morgan fingerprint density at radius 1 is 1.28 bits per heavy atom. The second-order valence-corrected chi connectivity index (χ2v) is 7.08. The molecule has 0 aliphatic carbocycles. The van der Waals surface area contributed by atoms with E-state index in [9.17, 15) is 14.9 Å². The molecule has 0 radical (unpaired) electrons. The monoisotopic (exact) mass is 410 g/mol. The van der Waals surface area contributed by atoms with Gasteiger partial charge >= 0.3 is 0 Å². The summed E-state index contributed by atoms with van der Waals surface area (Å²) in [6.07, 6.45) is 5.12. The fourth-order valence-electron chi connectivity index (χ4n) is 3.08. The van der Waals surface area contributed by atoms with E-state index in [0.717, 1.165) is 21.6 Å². The third kappa shape index (κ3) is 4.02. The number of aliphatic hydroxyl groups is 1. The third-order valence-electron chi connectivity index (χ3n) is 4.82. The van der Waals surface area contributed by atoms with Gasteiger partial charge in [0.15, 0.2) is 0 Å². The summed E-state index contributed by atoms with van der Waals surface area (Å²) in [6.45, 7) is 3.21. The van der Waals surface area contributed by atoms with Crippen molar-refractivity contribution >= 4 is 29.0 Å². The highest BCUT2D eigenvalue weighted by Crippen LogP contribution is 2.29. The Morgan fingerprint density at radius 3 is 2.62 bits per heavy atom. The molecule has 2 aliphatic heterocycles. The van der Waals surface area contributed by atoms with Gasteiger partial charge in [-0.3, -0.25) is 14.5 Å². The summed E-state index contributed by atoms with van der Waals surface area (Å²) >= 11 is 6.19. The molecule has 0 saturated carbocycles. The molecular weight excluding hydrogens is 392 g/mol. The van der Waals surface area contributed by atoms with Crippen LogP contribution >= 0.6 is 11.6 Å². The van der Waals surface area contributed by atoms with Gasteiger partial charge in [-0.2, -0.15) is 5.26 Å². The van der Waals surface area contributed by atoms with Crippen molar-refractivity contribution in [1.82, 2.24) is 4.90 Å². The van der Waals surface area contributed by atoms with E-state index in [0.29, 0.717) is 16.4 Å². The van der Waals surface area contributed by atoms with E-state index in [1.807, 2.05) is 37.3 Å². The molecule has 148 valence electrons. The number of allylic oxidation sites excluding steroid dienone is 3. The summed E-state index contributed by atoms with van der Waals surface area (Å²) in [4.78, 5) is 25.8. The number of benzene rings is 1. The van der Waals surface area contributed by atoms with Crippen LogP contribution in [0.5, 0.6) is 0 Å². The summed E-state index contributed by atoms with van der Waals surface area (Å²) in [5.74, 6) is -0.825. The second kappa shape index (κ2) is 8.48. The second-order valence-electron chi connectivity index (χ2n) is 6.67. The van der Waals surface area contributed by atoms with Gasteiger partial charge in [0.2, 0.25) is 0 Å². The van der Waals surface area contributed by atoms with Gasteiger partial charge in [-0.05, 0) is 54.3 Å². The Kier molecular flexibility index (Phi) is 6.02. The molecule has 6 nitrogen and oxygen atoms in total. The fraction of sp³-hybridized carbons (Fsp3) is 0.227. The van der Waals surface area contributed by atoms with Crippen LogP contribution in [0.4, 0.5) is 0 Å². The number of amides is 2. The highest BCUT2D eigenvalue weighted by molar-refractivity contribution is 6.31. The number of hydrogen-bond donors (Lipinski definition) is 1. The summed E-state index contributed by atoms with van der Waals surface area (Å²) in [5, 5.41) is 19.1. The molecule has 7 heteroatoms.